The van der Waals surface area contributed by atoms with Gasteiger partial charge in [0.25, 0.3) is 7.82 Å². The van der Waals surface area contributed by atoms with E-state index < -0.39 is 32.5 Å². The van der Waals surface area contributed by atoms with Crippen LogP contribution in [0, 0.1) is 0 Å². The summed E-state index contributed by atoms with van der Waals surface area (Å²) in [4.78, 5) is 37.6. The fraction of sp³-hybridized carbons (Fsp3) is 0.800. The number of phosphoric acid groups is 1. The van der Waals surface area contributed by atoms with Crippen LogP contribution in [0.3, 0.4) is 0 Å². The van der Waals surface area contributed by atoms with E-state index in [1.54, 1.807) is 0 Å². The molecular weight excluding hydrogens is 774 g/mol. The number of unbranched alkanes of at least 4 members (excludes halogenated alkanes) is 22. The Morgan fingerprint density at radius 3 is 1.42 bits per heavy atom. The molecule has 1 unspecified atom stereocenters. The molecule has 0 radical (unpaired) electrons. The van der Waals surface area contributed by atoms with E-state index in [1.165, 1.54) is 109 Å². The number of hydrogen-bond donors (Lipinski definition) is 0. The van der Waals surface area contributed by atoms with E-state index in [0.717, 1.165) is 57.8 Å². The van der Waals surface area contributed by atoms with E-state index in [-0.39, 0.29) is 26.1 Å². The van der Waals surface area contributed by atoms with Gasteiger partial charge in [0.15, 0.2) is 6.10 Å². The fourth-order valence-electron chi connectivity index (χ4n) is 6.59. The van der Waals surface area contributed by atoms with Crippen molar-refractivity contribution in [2.24, 2.45) is 0 Å². The lowest BCUT2D eigenvalue weighted by Crippen LogP contribution is -2.37. The molecule has 350 valence electrons. The molecule has 0 aliphatic carbocycles. The van der Waals surface area contributed by atoms with Crippen LogP contribution < -0.4 is 4.89 Å². The highest BCUT2D eigenvalue weighted by atomic mass is 31.2. The maximum absolute atomic E-state index is 12.7. The average Bonchev–Trinajstić information content (AvgIpc) is 3.20. The van der Waals surface area contributed by atoms with Crippen LogP contribution in [0.5, 0.6) is 0 Å². The molecule has 10 heteroatoms. The normalized spacial score (nSPS) is 13.9. The van der Waals surface area contributed by atoms with Gasteiger partial charge in [-0.1, -0.05) is 191 Å². The molecule has 9 nitrogen and oxygen atoms in total. The number of phosphoric ester groups is 1. The molecule has 0 rings (SSSR count). The van der Waals surface area contributed by atoms with Crippen molar-refractivity contribution >= 4 is 19.8 Å². The van der Waals surface area contributed by atoms with Crippen molar-refractivity contribution in [3.8, 4) is 0 Å². The molecule has 0 aromatic heterocycles. The minimum absolute atomic E-state index is 0.0376. The molecule has 0 spiro atoms. The minimum Gasteiger partial charge on any atom is -0.756 e. The quantitative estimate of drug-likeness (QED) is 0.0196. The molecule has 2 atom stereocenters. The first-order valence-electron chi connectivity index (χ1n) is 24.3. The first-order valence-corrected chi connectivity index (χ1v) is 25.8. The Labute approximate surface area is 369 Å². The molecular formula is C50H92NO8P. The predicted octanol–water partition coefficient (Wildman–Crippen LogP) is 13.6. The molecule has 0 amide bonds. The SMILES string of the molecule is CC/C=C/C/C=C/C/C=C/C/C=C/CCCCC(=O)OC[C@H](COP(=O)([O-])OCC[N+](C)(C)C)OC(=O)CCCCCCCCCCCCCCCCCCCCCCC. The second kappa shape index (κ2) is 42.3. The molecule has 0 aromatic rings. The van der Waals surface area contributed by atoms with E-state index in [1.807, 2.05) is 21.1 Å². The summed E-state index contributed by atoms with van der Waals surface area (Å²) in [6.07, 6.45) is 50.1. The number of nitrogens with zero attached hydrogens (tertiary/aromatic N) is 1. The summed E-state index contributed by atoms with van der Waals surface area (Å²) >= 11 is 0. The summed E-state index contributed by atoms with van der Waals surface area (Å²) in [7, 11) is 1.14. The zero-order chi connectivity index (χ0) is 44.3. The third kappa shape index (κ3) is 45.5. The van der Waals surface area contributed by atoms with Gasteiger partial charge in [0, 0.05) is 12.8 Å². The number of rotatable bonds is 44. The van der Waals surface area contributed by atoms with Gasteiger partial charge in [0.1, 0.15) is 19.8 Å². The highest BCUT2D eigenvalue weighted by Crippen LogP contribution is 2.38. The van der Waals surface area contributed by atoms with Crippen molar-refractivity contribution in [2.45, 2.75) is 213 Å². The Balaban J connectivity index is 4.29. The number of likely N-dealkylation sites (N-methyl/N-ethyl adjacent to an activating group) is 1. The predicted molar refractivity (Wildman–Crippen MR) is 250 cm³/mol. The molecule has 0 saturated carbocycles. The van der Waals surface area contributed by atoms with Crippen molar-refractivity contribution in [3.63, 3.8) is 0 Å². The van der Waals surface area contributed by atoms with Crippen LogP contribution in [0.1, 0.15) is 206 Å². The monoisotopic (exact) mass is 866 g/mol. The molecule has 0 heterocycles. The lowest BCUT2D eigenvalue weighted by atomic mass is 10.0. The zero-order valence-corrected chi connectivity index (χ0v) is 40.3. The van der Waals surface area contributed by atoms with Crippen molar-refractivity contribution in [2.75, 3.05) is 47.5 Å². The van der Waals surface area contributed by atoms with Crippen LogP contribution >= 0.6 is 7.82 Å². The van der Waals surface area contributed by atoms with Crippen LogP contribution in [-0.2, 0) is 32.7 Å². The van der Waals surface area contributed by atoms with Crippen LogP contribution in [-0.4, -0.2) is 70.0 Å². The summed E-state index contributed by atoms with van der Waals surface area (Å²) in [5.41, 5.74) is 0. The average molecular weight is 866 g/mol. The summed E-state index contributed by atoms with van der Waals surface area (Å²) in [5.74, 6) is -0.878. The van der Waals surface area contributed by atoms with Crippen molar-refractivity contribution in [1.29, 1.82) is 0 Å². The summed E-state index contributed by atoms with van der Waals surface area (Å²) in [5, 5.41) is 0. The molecule has 0 N–H and O–H groups in total. The second-order valence-electron chi connectivity index (χ2n) is 17.5. The van der Waals surface area contributed by atoms with Crippen molar-refractivity contribution < 1.29 is 42.1 Å². The summed E-state index contributed by atoms with van der Waals surface area (Å²) in [6, 6.07) is 0. The van der Waals surface area contributed by atoms with E-state index in [2.05, 4.69) is 62.5 Å². The lowest BCUT2D eigenvalue weighted by Gasteiger charge is -2.28. The maximum atomic E-state index is 12.7. The molecule has 0 bridgehead atoms. The van der Waals surface area contributed by atoms with Gasteiger partial charge in [-0.25, -0.2) is 0 Å². The Morgan fingerprint density at radius 2 is 0.950 bits per heavy atom. The molecule has 0 saturated heterocycles. The van der Waals surface area contributed by atoms with E-state index in [4.69, 9.17) is 18.5 Å². The Kier molecular flexibility index (Phi) is 40.8. The number of hydrogen-bond acceptors (Lipinski definition) is 8. The Hall–Kier alpha value is -2.03. The van der Waals surface area contributed by atoms with Crippen LogP contribution in [0.2, 0.25) is 0 Å². The fourth-order valence-corrected chi connectivity index (χ4v) is 7.32. The molecule has 0 fully saturated rings. The maximum Gasteiger partial charge on any atom is 0.306 e. The third-order valence-electron chi connectivity index (χ3n) is 10.4. The van der Waals surface area contributed by atoms with Crippen LogP contribution in [0.25, 0.3) is 0 Å². The Morgan fingerprint density at radius 1 is 0.533 bits per heavy atom. The highest BCUT2D eigenvalue weighted by Gasteiger charge is 2.21. The second-order valence-corrected chi connectivity index (χ2v) is 18.9. The van der Waals surface area contributed by atoms with E-state index in [0.29, 0.717) is 23.9 Å². The number of allylic oxidation sites excluding steroid dienone is 8. The molecule has 0 aromatic carbocycles. The van der Waals surface area contributed by atoms with Gasteiger partial charge in [-0.2, -0.15) is 0 Å². The van der Waals surface area contributed by atoms with Gasteiger partial charge in [-0.15, -0.1) is 0 Å². The Bertz CT molecular complexity index is 1160. The zero-order valence-electron chi connectivity index (χ0n) is 39.4. The van der Waals surface area contributed by atoms with E-state index >= 15 is 0 Å². The van der Waals surface area contributed by atoms with Gasteiger partial charge in [-0.05, 0) is 51.4 Å². The number of carbonyl (C=O) groups is 2. The topological polar surface area (TPSA) is 111 Å². The van der Waals surface area contributed by atoms with Crippen LogP contribution in [0.15, 0.2) is 48.6 Å². The largest absolute Gasteiger partial charge is 0.756 e. The van der Waals surface area contributed by atoms with Crippen LogP contribution in [0.4, 0.5) is 0 Å². The molecule has 60 heavy (non-hydrogen) atoms. The third-order valence-corrected chi connectivity index (χ3v) is 11.3. The smallest absolute Gasteiger partial charge is 0.306 e. The number of ether oxygens (including phenoxy) is 2. The minimum atomic E-state index is -4.64. The van der Waals surface area contributed by atoms with Gasteiger partial charge in [-0.3, -0.25) is 14.2 Å². The van der Waals surface area contributed by atoms with E-state index in [9.17, 15) is 19.0 Å². The standard InChI is InChI=1S/C50H92NO8P/c1-6-8-10-12-14-16-18-20-22-23-24-25-26-27-29-31-33-35-37-39-41-43-50(53)59-48(47-58-60(54,55)57-45-44-51(3,4)5)46-56-49(52)42-40-38-36-34-32-30-28-21-19-17-15-13-11-9-7-2/h9,11,15,17,21,28,32,34,48H,6-8,10,12-14,16,18-20,22-27,29-31,33,35-47H2,1-5H3/b11-9+,17-15+,28-21+,34-32+/t48-/m1/s1. The lowest BCUT2D eigenvalue weighted by molar-refractivity contribution is -0.870. The van der Waals surface area contributed by atoms with Gasteiger partial charge in [0.2, 0.25) is 0 Å². The van der Waals surface area contributed by atoms with Crippen molar-refractivity contribution in [1.82, 2.24) is 0 Å². The highest BCUT2D eigenvalue weighted by molar-refractivity contribution is 7.45. The van der Waals surface area contributed by atoms with Gasteiger partial charge >= 0.3 is 11.9 Å². The summed E-state index contributed by atoms with van der Waals surface area (Å²) in [6.45, 7) is 4.09. The number of quaternary nitrogens is 1. The van der Waals surface area contributed by atoms with Crippen molar-refractivity contribution in [3.05, 3.63) is 48.6 Å². The number of carbonyl (C=O) groups excluding carboxylic acids is 2. The number of esters is 2. The molecule has 0 aliphatic rings. The first kappa shape index (κ1) is 58.0. The summed E-state index contributed by atoms with van der Waals surface area (Å²) < 4.78 is 33.9. The van der Waals surface area contributed by atoms with Gasteiger partial charge in [0.05, 0.1) is 27.7 Å². The molecule has 0 aliphatic heterocycles. The van der Waals surface area contributed by atoms with Gasteiger partial charge < -0.3 is 27.9 Å². The first-order chi connectivity index (χ1) is 29.0.